The first-order valence-corrected chi connectivity index (χ1v) is 7.57. The van der Waals surface area contributed by atoms with Crippen molar-refractivity contribution in [2.24, 2.45) is 0 Å². The Kier molecular flexibility index (Phi) is 4.14. The van der Waals surface area contributed by atoms with E-state index in [1.165, 1.54) is 13.2 Å². The van der Waals surface area contributed by atoms with Gasteiger partial charge in [-0.3, -0.25) is 4.72 Å². The highest BCUT2D eigenvalue weighted by Gasteiger charge is 2.17. The van der Waals surface area contributed by atoms with Crippen molar-refractivity contribution in [3.8, 4) is 11.5 Å². The van der Waals surface area contributed by atoms with Gasteiger partial charge < -0.3 is 9.84 Å². The highest BCUT2D eigenvalue weighted by molar-refractivity contribution is 7.91. The van der Waals surface area contributed by atoms with Crippen molar-refractivity contribution in [3.63, 3.8) is 0 Å². The highest BCUT2D eigenvalue weighted by Crippen LogP contribution is 2.34. The number of hydrogen-bond acceptors (Lipinski definition) is 4. The summed E-state index contributed by atoms with van der Waals surface area (Å²) >= 11 is 0. The standard InChI is InChI=1S/C14H15NO4S/c1-19-13-9-5-8-12(16)14(13)15-20(17,18)10-11-6-3-2-4-7-11/h2-9,15-16H,10H2,1H3. The first-order chi connectivity index (χ1) is 9.52. The second kappa shape index (κ2) is 5.83. The number of rotatable bonds is 5. The summed E-state index contributed by atoms with van der Waals surface area (Å²) in [6, 6.07) is 13.3. The molecule has 0 aliphatic carbocycles. The molecule has 2 aromatic carbocycles. The second-order valence-corrected chi connectivity index (χ2v) is 5.92. The van der Waals surface area contributed by atoms with Gasteiger partial charge in [0.15, 0.2) is 0 Å². The van der Waals surface area contributed by atoms with Crippen LogP contribution in [0.1, 0.15) is 5.56 Å². The van der Waals surface area contributed by atoms with Crippen LogP contribution in [0.4, 0.5) is 5.69 Å². The summed E-state index contributed by atoms with van der Waals surface area (Å²) in [4.78, 5) is 0. The predicted octanol–water partition coefficient (Wildman–Crippen LogP) is 2.34. The van der Waals surface area contributed by atoms with Crippen molar-refractivity contribution in [3.05, 3.63) is 54.1 Å². The van der Waals surface area contributed by atoms with Crippen LogP contribution in [0.15, 0.2) is 48.5 Å². The normalized spacial score (nSPS) is 11.1. The zero-order valence-corrected chi connectivity index (χ0v) is 11.7. The molecule has 0 heterocycles. The molecule has 0 saturated heterocycles. The third kappa shape index (κ3) is 3.42. The predicted molar refractivity (Wildman–Crippen MR) is 77.3 cm³/mol. The molecule has 106 valence electrons. The Morgan fingerprint density at radius 2 is 1.80 bits per heavy atom. The van der Waals surface area contributed by atoms with E-state index in [-0.39, 0.29) is 22.9 Å². The zero-order valence-electron chi connectivity index (χ0n) is 10.9. The Morgan fingerprint density at radius 1 is 1.10 bits per heavy atom. The van der Waals surface area contributed by atoms with Crippen LogP contribution in [0.5, 0.6) is 11.5 Å². The van der Waals surface area contributed by atoms with Crippen LogP contribution in [0.2, 0.25) is 0 Å². The summed E-state index contributed by atoms with van der Waals surface area (Å²) in [7, 11) is -2.23. The maximum atomic E-state index is 12.1. The first-order valence-electron chi connectivity index (χ1n) is 5.92. The summed E-state index contributed by atoms with van der Waals surface area (Å²) in [6.45, 7) is 0. The van der Waals surface area contributed by atoms with Crippen LogP contribution in [-0.2, 0) is 15.8 Å². The van der Waals surface area contributed by atoms with Gasteiger partial charge in [0.05, 0.1) is 12.9 Å². The van der Waals surface area contributed by atoms with E-state index in [0.29, 0.717) is 5.56 Å². The fourth-order valence-electron chi connectivity index (χ4n) is 1.78. The number of nitrogens with one attached hydrogen (secondary N) is 1. The number of hydrogen-bond donors (Lipinski definition) is 2. The first kappa shape index (κ1) is 14.2. The number of sulfonamides is 1. The van der Waals surface area contributed by atoms with Crippen LogP contribution in [-0.4, -0.2) is 20.6 Å². The molecule has 0 atom stereocenters. The van der Waals surface area contributed by atoms with Gasteiger partial charge in [-0.1, -0.05) is 36.4 Å². The van der Waals surface area contributed by atoms with Gasteiger partial charge in [-0.2, -0.15) is 0 Å². The molecular weight excluding hydrogens is 278 g/mol. The van der Waals surface area contributed by atoms with Crippen LogP contribution < -0.4 is 9.46 Å². The summed E-state index contributed by atoms with van der Waals surface area (Å²) in [5.41, 5.74) is 0.709. The number of benzene rings is 2. The second-order valence-electron chi connectivity index (χ2n) is 4.20. The molecular formula is C14H15NO4S. The molecule has 0 aromatic heterocycles. The molecule has 0 fully saturated rings. The molecule has 0 bridgehead atoms. The molecule has 2 N–H and O–H groups in total. The fraction of sp³-hybridized carbons (Fsp3) is 0.143. The summed E-state index contributed by atoms with van der Waals surface area (Å²) < 4.78 is 31.6. The summed E-state index contributed by atoms with van der Waals surface area (Å²) in [5, 5.41) is 9.74. The Bertz CT molecular complexity index is 684. The minimum absolute atomic E-state index is 0.0472. The Labute approximate surface area is 117 Å². The maximum absolute atomic E-state index is 12.1. The zero-order chi connectivity index (χ0) is 14.6. The van der Waals surface area contributed by atoms with E-state index < -0.39 is 10.0 Å². The molecule has 0 unspecified atom stereocenters. The lowest BCUT2D eigenvalue weighted by Gasteiger charge is -2.13. The molecule has 0 aliphatic heterocycles. The molecule has 5 nitrogen and oxygen atoms in total. The van der Waals surface area contributed by atoms with E-state index in [1.807, 2.05) is 6.07 Å². The van der Waals surface area contributed by atoms with E-state index in [2.05, 4.69) is 4.72 Å². The number of para-hydroxylation sites is 1. The number of phenolic OH excluding ortho intramolecular Hbond substituents is 1. The Morgan fingerprint density at radius 3 is 2.45 bits per heavy atom. The Hall–Kier alpha value is -2.21. The van der Waals surface area contributed by atoms with Gasteiger partial charge in [-0.25, -0.2) is 8.42 Å². The van der Waals surface area contributed by atoms with Gasteiger partial charge in [0.25, 0.3) is 0 Å². The highest BCUT2D eigenvalue weighted by atomic mass is 32.2. The minimum atomic E-state index is -3.63. The lowest BCUT2D eigenvalue weighted by molar-refractivity contribution is 0.411. The lowest BCUT2D eigenvalue weighted by Crippen LogP contribution is -2.15. The number of ether oxygens (including phenoxy) is 1. The van der Waals surface area contributed by atoms with Gasteiger partial charge in [0.1, 0.15) is 17.2 Å². The molecule has 0 saturated carbocycles. The molecule has 0 aliphatic rings. The number of aromatic hydroxyl groups is 1. The number of phenols is 1. The van der Waals surface area contributed by atoms with E-state index in [1.54, 1.807) is 36.4 Å². The average molecular weight is 293 g/mol. The molecule has 2 rings (SSSR count). The smallest absolute Gasteiger partial charge is 0.237 e. The minimum Gasteiger partial charge on any atom is -0.506 e. The lowest BCUT2D eigenvalue weighted by atomic mass is 10.2. The summed E-state index contributed by atoms with van der Waals surface area (Å²) in [5.74, 6) is -0.0895. The van der Waals surface area contributed by atoms with Crippen LogP contribution >= 0.6 is 0 Å². The Balaban J connectivity index is 2.25. The number of anilines is 1. The molecule has 0 radical (unpaired) electrons. The van der Waals surface area contributed by atoms with Gasteiger partial charge in [0.2, 0.25) is 10.0 Å². The third-order valence-corrected chi connectivity index (χ3v) is 3.91. The van der Waals surface area contributed by atoms with Gasteiger partial charge in [0, 0.05) is 0 Å². The van der Waals surface area contributed by atoms with E-state index >= 15 is 0 Å². The molecule has 0 spiro atoms. The maximum Gasteiger partial charge on any atom is 0.237 e. The van der Waals surface area contributed by atoms with Crippen molar-refractivity contribution < 1.29 is 18.3 Å². The molecule has 2 aromatic rings. The van der Waals surface area contributed by atoms with Crippen molar-refractivity contribution >= 4 is 15.7 Å². The quantitative estimate of drug-likeness (QED) is 0.830. The van der Waals surface area contributed by atoms with Crippen LogP contribution in [0, 0.1) is 0 Å². The van der Waals surface area contributed by atoms with Gasteiger partial charge in [-0.15, -0.1) is 0 Å². The largest absolute Gasteiger partial charge is 0.506 e. The molecule has 20 heavy (non-hydrogen) atoms. The van der Waals surface area contributed by atoms with Gasteiger partial charge in [-0.05, 0) is 17.7 Å². The number of methoxy groups -OCH3 is 1. The average Bonchev–Trinajstić information content (AvgIpc) is 2.41. The molecule has 6 heteroatoms. The van der Waals surface area contributed by atoms with E-state index in [0.717, 1.165) is 0 Å². The van der Waals surface area contributed by atoms with E-state index in [9.17, 15) is 13.5 Å². The van der Waals surface area contributed by atoms with Crippen molar-refractivity contribution in [2.45, 2.75) is 5.75 Å². The van der Waals surface area contributed by atoms with Crippen molar-refractivity contribution in [1.29, 1.82) is 0 Å². The third-order valence-electron chi connectivity index (χ3n) is 2.68. The van der Waals surface area contributed by atoms with Crippen molar-refractivity contribution in [2.75, 3.05) is 11.8 Å². The molecule has 0 amide bonds. The van der Waals surface area contributed by atoms with Crippen LogP contribution in [0.25, 0.3) is 0 Å². The topological polar surface area (TPSA) is 75.6 Å². The van der Waals surface area contributed by atoms with E-state index in [4.69, 9.17) is 4.74 Å². The van der Waals surface area contributed by atoms with Crippen molar-refractivity contribution in [1.82, 2.24) is 0 Å². The SMILES string of the molecule is COc1cccc(O)c1NS(=O)(=O)Cc1ccccc1. The van der Waals surface area contributed by atoms with Crippen LogP contribution in [0.3, 0.4) is 0 Å². The summed E-state index contributed by atoms with van der Waals surface area (Å²) in [6.07, 6.45) is 0. The van der Waals surface area contributed by atoms with Gasteiger partial charge >= 0.3 is 0 Å². The monoisotopic (exact) mass is 293 g/mol. The fourth-order valence-corrected chi connectivity index (χ4v) is 3.00.